The average molecular weight is 351 g/mol. The Balaban J connectivity index is 1.57. The van der Waals surface area contributed by atoms with Crippen LogP contribution in [-0.2, 0) is 14.3 Å². The second kappa shape index (κ2) is 8.49. The molecule has 2 amide bonds. The van der Waals surface area contributed by atoms with Crippen molar-refractivity contribution in [3.63, 3.8) is 0 Å². The first-order chi connectivity index (χ1) is 12.1. The highest BCUT2D eigenvalue weighted by atomic mass is 16.5. The number of rotatable bonds is 5. The molecule has 0 bridgehead atoms. The molecule has 3 fully saturated rings. The highest BCUT2D eigenvalue weighted by Gasteiger charge is 2.42. The van der Waals surface area contributed by atoms with E-state index < -0.39 is 0 Å². The number of amides is 2. The molecule has 142 valence electrons. The summed E-state index contributed by atoms with van der Waals surface area (Å²) in [6, 6.07) is 0. The van der Waals surface area contributed by atoms with Crippen molar-refractivity contribution >= 4 is 11.8 Å². The molecule has 3 aliphatic heterocycles. The van der Waals surface area contributed by atoms with Gasteiger partial charge in [-0.15, -0.1) is 0 Å². The molecule has 0 unspecified atom stereocenters. The molecule has 6 nitrogen and oxygen atoms in total. The summed E-state index contributed by atoms with van der Waals surface area (Å²) in [5.41, 5.74) is 0.126. The third-order valence-corrected chi connectivity index (χ3v) is 6.01. The van der Waals surface area contributed by atoms with Gasteiger partial charge in [-0.05, 0) is 25.7 Å². The van der Waals surface area contributed by atoms with E-state index in [4.69, 9.17) is 4.74 Å². The summed E-state index contributed by atoms with van der Waals surface area (Å²) in [5.74, 6) is 0.550. The van der Waals surface area contributed by atoms with Crippen molar-refractivity contribution in [3.8, 4) is 0 Å². The quantitative estimate of drug-likeness (QED) is 0.750. The SMILES string of the molecule is CCCCN1C[C@]2(CCCN(C(=O)CN3CCOCC3)C2)CCC1=O. The summed E-state index contributed by atoms with van der Waals surface area (Å²) in [6.45, 7) is 9.24. The molecule has 1 atom stereocenters. The summed E-state index contributed by atoms with van der Waals surface area (Å²) in [5, 5.41) is 0. The van der Waals surface area contributed by atoms with Crippen LogP contribution in [0.2, 0.25) is 0 Å². The van der Waals surface area contributed by atoms with Crippen molar-refractivity contribution in [3.05, 3.63) is 0 Å². The molecule has 3 rings (SSSR count). The number of unbranched alkanes of at least 4 members (excludes halogenated alkanes) is 1. The first kappa shape index (κ1) is 18.6. The van der Waals surface area contributed by atoms with Crippen LogP contribution >= 0.6 is 0 Å². The van der Waals surface area contributed by atoms with Crippen LogP contribution in [0.25, 0.3) is 0 Å². The van der Waals surface area contributed by atoms with Crippen LogP contribution in [0.4, 0.5) is 0 Å². The monoisotopic (exact) mass is 351 g/mol. The zero-order valence-corrected chi connectivity index (χ0v) is 15.7. The van der Waals surface area contributed by atoms with E-state index in [1.807, 2.05) is 0 Å². The predicted molar refractivity (Wildman–Crippen MR) is 96.2 cm³/mol. The first-order valence-corrected chi connectivity index (χ1v) is 9.97. The minimum Gasteiger partial charge on any atom is -0.379 e. The fourth-order valence-electron chi connectivity index (χ4n) is 4.46. The summed E-state index contributed by atoms with van der Waals surface area (Å²) >= 11 is 0. The van der Waals surface area contributed by atoms with Crippen molar-refractivity contribution in [2.45, 2.75) is 45.4 Å². The van der Waals surface area contributed by atoms with E-state index in [1.165, 1.54) is 0 Å². The number of hydrogen-bond acceptors (Lipinski definition) is 4. The Labute approximate surface area is 151 Å². The minimum atomic E-state index is 0.126. The van der Waals surface area contributed by atoms with Gasteiger partial charge in [-0.25, -0.2) is 0 Å². The maximum atomic E-state index is 12.8. The number of carbonyl (C=O) groups is 2. The molecule has 0 N–H and O–H groups in total. The maximum Gasteiger partial charge on any atom is 0.236 e. The number of likely N-dealkylation sites (tertiary alicyclic amines) is 2. The standard InChI is InChI=1S/C19H33N3O3/c1-2-3-8-21-15-19(7-5-17(21)23)6-4-9-22(16-19)18(24)14-20-10-12-25-13-11-20/h2-16H2,1H3/t19-/m0/s1. The molecule has 3 saturated heterocycles. The van der Waals surface area contributed by atoms with Gasteiger partial charge in [0.1, 0.15) is 0 Å². The lowest BCUT2D eigenvalue weighted by Gasteiger charge is -2.48. The molecule has 3 heterocycles. The maximum absolute atomic E-state index is 12.8. The van der Waals surface area contributed by atoms with Gasteiger partial charge in [-0.1, -0.05) is 13.3 Å². The van der Waals surface area contributed by atoms with Gasteiger partial charge in [-0.2, -0.15) is 0 Å². The van der Waals surface area contributed by atoms with Gasteiger partial charge in [0, 0.05) is 51.1 Å². The molecule has 6 heteroatoms. The van der Waals surface area contributed by atoms with Crippen LogP contribution in [0.5, 0.6) is 0 Å². The highest BCUT2D eigenvalue weighted by molar-refractivity contribution is 5.79. The number of carbonyl (C=O) groups excluding carboxylic acids is 2. The molecule has 0 aromatic carbocycles. The van der Waals surface area contributed by atoms with Gasteiger partial charge >= 0.3 is 0 Å². The Morgan fingerprint density at radius 2 is 1.96 bits per heavy atom. The molecule has 1 spiro atoms. The van der Waals surface area contributed by atoms with Gasteiger partial charge in [0.05, 0.1) is 19.8 Å². The molecule has 3 aliphatic rings. The van der Waals surface area contributed by atoms with E-state index in [-0.39, 0.29) is 11.3 Å². The lowest BCUT2D eigenvalue weighted by molar-refractivity contribution is -0.144. The largest absolute Gasteiger partial charge is 0.379 e. The second-order valence-corrected chi connectivity index (χ2v) is 7.98. The Morgan fingerprint density at radius 1 is 1.16 bits per heavy atom. The normalized spacial score (nSPS) is 28.6. The van der Waals surface area contributed by atoms with Gasteiger partial charge < -0.3 is 14.5 Å². The van der Waals surface area contributed by atoms with Crippen LogP contribution in [0, 0.1) is 5.41 Å². The van der Waals surface area contributed by atoms with E-state index in [9.17, 15) is 9.59 Å². The molecule has 0 radical (unpaired) electrons. The minimum absolute atomic E-state index is 0.126. The van der Waals surface area contributed by atoms with Gasteiger partial charge in [-0.3, -0.25) is 14.5 Å². The van der Waals surface area contributed by atoms with Crippen LogP contribution in [0.1, 0.15) is 45.4 Å². The van der Waals surface area contributed by atoms with Crippen LogP contribution in [0.15, 0.2) is 0 Å². The third-order valence-electron chi connectivity index (χ3n) is 6.01. The smallest absolute Gasteiger partial charge is 0.236 e. The fourth-order valence-corrected chi connectivity index (χ4v) is 4.46. The van der Waals surface area contributed by atoms with Crippen molar-refractivity contribution in [1.29, 1.82) is 0 Å². The average Bonchev–Trinajstić information content (AvgIpc) is 2.64. The number of morpholine rings is 1. The molecular weight excluding hydrogens is 318 g/mol. The van der Waals surface area contributed by atoms with E-state index >= 15 is 0 Å². The first-order valence-electron chi connectivity index (χ1n) is 9.97. The van der Waals surface area contributed by atoms with E-state index in [2.05, 4.69) is 21.6 Å². The summed E-state index contributed by atoms with van der Waals surface area (Å²) < 4.78 is 5.37. The van der Waals surface area contributed by atoms with Crippen LogP contribution in [0.3, 0.4) is 0 Å². The Kier molecular flexibility index (Phi) is 6.34. The summed E-state index contributed by atoms with van der Waals surface area (Å²) in [4.78, 5) is 31.3. The molecule has 0 saturated carbocycles. The zero-order valence-electron chi connectivity index (χ0n) is 15.7. The van der Waals surface area contributed by atoms with E-state index in [1.54, 1.807) is 0 Å². The third kappa shape index (κ3) is 4.73. The molecule has 0 aliphatic carbocycles. The topological polar surface area (TPSA) is 53.1 Å². The molecule has 0 aromatic heterocycles. The van der Waals surface area contributed by atoms with E-state index in [0.29, 0.717) is 18.9 Å². The van der Waals surface area contributed by atoms with Crippen LogP contribution in [-0.4, -0.2) is 85.5 Å². The summed E-state index contributed by atoms with van der Waals surface area (Å²) in [7, 11) is 0. The molecular formula is C19H33N3O3. The Bertz CT molecular complexity index is 479. The second-order valence-electron chi connectivity index (χ2n) is 7.98. The van der Waals surface area contributed by atoms with Gasteiger partial charge in [0.2, 0.25) is 11.8 Å². The Hall–Kier alpha value is -1.14. The van der Waals surface area contributed by atoms with Crippen molar-refractivity contribution in [2.75, 3.05) is 59.0 Å². The number of nitrogens with zero attached hydrogens (tertiary/aromatic N) is 3. The Morgan fingerprint density at radius 3 is 2.72 bits per heavy atom. The highest BCUT2D eigenvalue weighted by Crippen LogP contribution is 2.39. The van der Waals surface area contributed by atoms with Crippen LogP contribution < -0.4 is 0 Å². The lowest BCUT2D eigenvalue weighted by Crippen LogP contribution is -2.56. The predicted octanol–water partition coefficient (Wildman–Crippen LogP) is 1.35. The van der Waals surface area contributed by atoms with Crippen molar-refractivity contribution in [1.82, 2.24) is 14.7 Å². The van der Waals surface area contributed by atoms with Gasteiger partial charge in [0.15, 0.2) is 0 Å². The molecule has 25 heavy (non-hydrogen) atoms. The van der Waals surface area contributed by atoms with E-state index in [0.717, 1.165) is 84.6 Å². The fraction of sp³-hybridized carbons (Fsp3) is 0.895. The lowest BCUT2D eigenvalue weighted by atomic mass is 9.73. The van der Waals surface area contributed by atoms with Gasteiger partial charge in [0.25, 0.3) is 0 Å². The zero-order chi connectivity index (χ0) is 17.7. The molecule has 0 aromatic rings. The number of piperidine rings is 2. The van der Waals surface area contributed by atoms with Crippen molar-refractivity contribution < 1.29 is 14.3 Å². The summed E-state index contributed by atoms with van der Waals surface area (Å²) in [6.07, 6.45) is 5.97. The van der Waals surface area contributed by atoms with Crippen molar-refractivity contribution in [2.24, 2.45) is 5.41 Å². The number of hydrogen-bond donors (Lipinski definition) is 0. The number of ether oxygens (including phenoxy) is 1.